The van der Waals surface area contributed by atoms with Crippen LogP contribution in [0.4, 0.5) is 10.1 Å². The molecule has 0 saturated carbocycles. The van der Waals surface area contributed by atoms with Crippen molar-refractivity contribution in [1.29, 1.82) is 0 Å². The minimum atomic E-state index is -0.704. The third-order valence-corrected chi connectivity index (χ3v) is 6.08. The molecule has 0 aromatic heterocycles. The van der Waals surface area contributed by atoms with Gasteiger partial charge in [0.25, 0.3) is 11.8 Å². The fraction of sp³-hybridized carbons (Fsp3) is 0.0741. The molecule has 0 aliphatic carbocycles. The lowest BCUT2D eigenvalue weighted by atomic mass is 10.0. The molecular weight excluding hydrogens is 531 g/mol. The van der Waals surface area contributed by atoms with Gasteiger partial charge in [0, 0.05) is 4.47 Å². The predicted molar refractivity (Wildman–Crippen MR) is 141 cm³/mol. The van der Waals surface area contributed by atoms with Gasteiger partial charge in [-0.25, -0.2) is 9.29 Å². The molecule has 0 atom stereocenters. The Balaban J connectivity index is 1.62. The van der Waals surface area contributed by atoms with E-state index in [0.29, 0.717) is 24.3 Å². The molecule has 35 heavy (non-hydrogen) atoms. The van der Waals surface area contributed by atoms with Crippen LogP contribution in [-0.4, -0.2) is 16.9 Å². The maximum atomic E-state index is 14.4. The van der Waals surface area contributed by atoms with Crippen LogP contribution in [0.2, 0.25) is 0 Å². The average molecular weight is 551 g/mol. The van der Waals surface area contributed by atoms with E-state index in [-0.39, 0.29) is 16.4 Å². The van der Waals surface area contributed by atoms with Crippen LogP contribution in [0.15, 0.2) is 89.4 Å². The number of allylic oxidation sites excluding steroid dienone is 1. The Morgan fingerprint density at radius 1 is 1.09 bits per heavy atom. The number of carbonyl (C=O) groups excluding carboxylic acids is 2. The number of hydrogen-bond acceptors (Lipinski definition) is 4. The molecule has 3 aromatic carbocycles. The van der Waals surface area contributed by atoms with Crippen molar-refractivity contribution in [2.75, 3.05) is 4.90 Å². The first-order valence-corrected chi connectivity index (χ1v) is 11.8. The van der Waals surface area contributed by atoms with Crippen molar-refractivity contribution in [3.63, 3.8) is 0 Å². The van der Waals surface area contributed by atoms with Crippen LogP contribution in [0.25, 0.3) is 6.08 Å². The molecule has 0 bridgehead atoms. The molecule has 176 valence electrons. The van der Waals surface area contributed by atoms with Crippen LogP contribution >= 0.6 is 28.1 Å². The van der Waals surface area contributed by atoms with Crippen molar-refractivity contribution in [2.45, 2.75) is 13.0 Å². The minimum Gasteiger partial charge on any atom is -0.489 e. The number of anilines is 1. The third kappa shape index (κ3) is 5.55. The first-order valence-electron chi connectivity index (χ1n) is 10.6. The molecule has 0 unspecified atom stereocenters. The van der Waals surface area contributed by atoms with E-state index in [1.165, 1.54) is 24.3 Å². The zero-order valence-electron chi connectivity index (χ0n) is 18.5. The van der Waals surface area contributed by atoms with E-state index in [2.05, 4.69) is 27.8 Å². The Morgan fingerprint density at radius 2 is 1.83 bits per heavy atom. The van der Waals surface area contributed by atoms with E-state index >= 15 is 0 Å². The summed E-state index contributed by atoms with van der Waals surface area (Å²) in [5.41, 5.74) is 2.28. The van der Waals surface area contributed by atoms with Crippen molar-refractivity contribution in [3.8, 4) is 5.75 Å². The van der Waals surface area contributed by atoms with Gasteiger partial charge in [0.05, 0.1) is 5.69 Å². The zero-order chi connectivity index (χ0) is 24.9. The van der Waals surface area contributed by atoms with Gasteiger partial charge >= 0.3 is 0 Å². The summed E-state index contributed by atoms with van der Waals surface area (Å²) in [6.07, 6.45) is 3.73. The molecule has 1 aliphatic rings. The Morgan fingerprint density at radius 3 is 2.54 bits per heavy atom. The predicted octanol–water partition coefficient (Wildman–Crippen LogP) is 5.73. The maximum absolute atomic E-state index is 14.4. The molecule has 1 saturated heterocycles. The molecule has 0 spiro atoms. The van der Waals surface area contributed by atoms with E-state index in [1.54, 1.807) is 24.3 Å². The van der Waals surface area contributed by atoms with Gasteiger partial charge in [-0.3, -0.25) is 14.9 Å². The second-order valence-electron chi connectivity index (χ2n) is 7.68. The number of carbonyl (C=O) groups is 2. The van der Waals surface area contributed by atoms with Gasteiger partial charge in [0.15, 0.2) is 5.11 Å². The monoisotopic (exact) mass is 550 g/mol. The normalized spacial score (nSPS) is 14.7. The Bertz CT molecular complexity index is 1350. The summed E-state index contributed by atoms with van der Waals surface area (Å²) in [5, 5.41) is 2.29. The summed E-state index contributed by atoms with van der Waals surface area (Å²) in [7, 11) is 0. The van der Waals surface area contributed by atoms with Crippen molar-refractivity contribution >= 4 is 56.8 Å². The Kier molecular flexibility index (Phi) is 7.53. The quantitative estimate of drug-likeness (QED) is 0.177. The number of amides is 2. The van der Waals surface area contributed by atoms with E-state index in [1.807, 2.05) is 30.3 Å². The lowest BCUT2D eigenvalue weighted by molar-refractivity contribution is -0.122. The third-order valence-electron chi connectivity index (χ3n) is 5.26. The molecular formula is C27H20BrFN2O3S. The van der Waals surface area contributed by atoms with Gasteiger partial charge < -0.3 is 4.74 Å². The van der Waals surface area contributed by atoms with Gasteiger partial charge in [0.2, 0.25) is 0 Å². The number of thiocarbonyl (C=S) groups is 1. The summed E-state index contributed by atoms with van der Waals surface area (Å²) < 4.78 is 21.4. The molecule has 1 N–H and O–H groups in total. The van der Waals surface area contributed by atoms with Gasteiger partial charge in [-0.2, -0.15) is 0 Å². The number of para-hydroxylation sites is 1. The van der Waals surface area contributed by atoms with Crippen LogP contribution in [0.3, 0.4) is 0 Å². The highest BCUT2D eigenvalue weighted by Crippen LogP contribution is 2.27. The first-order chi connectivity index (χ1) is 16.9. The van der Waals surface area contributed by atoms with E-state index in [4.69, 9.17) is 17.0 Å². The molecule has 3 aromatic rings. The first kappa shape index (κ1) is 24.5. The maximum Gasteiger partial charge on any atom is 0.270 e. The molecule has 1 heterocycles. The summed E-state index contributed by atoms with van der Waals surface area (Å²) in [4.78, 5) is 26.7. The van der Waals surface area contributed by atoms with Crippen LogP contribution in [0.1, 0.15) is 16.7 Å². The Hall–Kier alpha value is -3.62. The highest BCUT2D eigenvalue weighted by molar-refractivity contribution is 9.10. The average Bonchev–Trinajstić information content (AvgIpc) is 2.83. The van der Waals surface area contributed by atoms with Crippen molar-refractivity contribution in [3.05, 3.63) is 112 Å². The molecule has 2 amide bonds. The minimum absolute atomic E-state index is 0.0302. The zero-order valence-corrected chi connectivity index (χ0v) is 20.9. The van der Waals surface area contributed by atoms with Gasteiger partial charge in [0.1, 0.15) is 23.7 Å². The topological polar surface area (TPSA) is 58.6 Å². The molecule has 1 aliphatic heterocycles. The molecule has 4 rings (SSSR count). The van der Waals surface area contributed by atoms with Crippen molar-refractivity contribution in [2.24, 2.45) is 0 Å². The number of benzene rings is 3. The molecule has 1 fully saturated rings. The molecule has 0 radical (unpaired) electrons. The second kappa shape index (κ2) is 10.8. The Labute approximate surface area is 216 Å². The van der Waals surface area contributed by atoms with Crippen LogP contribution in [0.5, 0.6) is 5.75 Å². The smallest absolute Gasteiger partial charge is 0.270 e. The van der Waals surface area contributed by atoms with E-state index in [9.17, 15) is 14.0 Å². The van der Waals surface area contributed by atoms with Crippen LogP contribution < -0.4 is 15.0 Å². The number of halogens is 2. The highest BCUT2D eigenvalue weighted by atomic mass is 79.9. The SMILES string of the molecule is C=CCc1cc(/C=C2\C(=O)NC(=S)N(c3ccccc3F)C2=O)ccc1OCc1ccc(Br)cc1. The number of hydrogen-bond donors (Lipinski definition) is 1. The number of nitrogens with one attached hydrogen (secondary N) is 1. The lowest BCUT2D eigenvalue weighted by Gasteiger charge is -2.29. The van der Waals surface area contributed by atoms with Crippen molar-refractivity contribution < 1.29 is 18.7 Å². The van der Waals surface area contributed by atoms with E-state index < -0.39 is 17.6 Å². The lowest BCUT2D eigenvalue weighted by Crippen LogP contribution is -2.54. The van der Waals surface area contributed by atoms with Gasteiger partial charge in [-0.1, -0.05) is 52.3 Å². The number of rotatable bonds is 7. The van der Waals surface area contributed by atoms with Gasteiger partial charge in [-0.05, 0) is 77.8 Å². The summed E-state index contributed by atoms with van der Waals surface area (Å²) >= 11 is 8.55. The fourth-order valence-corrected chi connectivity index (χ4v) is 4.10. The van der Waals surface area contributed by atoms with Gasteiger partial charge in [-0.15, -0.1) is 6.58 Å². The van der Waals surface area contributed by atoms with E-state index in [0.717, 1.165) is 20.5 Å². The standard InChI is InChI=1S/C27H20BrFN2O3S/c1-2-5-19-14-18(10-13-24(19)34-16-17-8-11-20(28)12-9-17)15-21-25(32)30-27(35)31(26(21)33)23-7-4-3-6-22(23)29/h2-4,6-15H,1,5,16H2,(H,30,32,35)/b21-15+. The summed E-state index contributed by atoms with van der Waals surface area (Å²) in [5.74, 6) is -1.30. The summed E-state index contributed by atoms with van der Waals surface area (Å²) in [6, 6.07) is 18.9. The largest absolute Gasteiger partial charge is 0.489 e. The highest BCUT2D eigenvalue weighted by Gasteiger charge is 2.35. The molecule has 8 heteroatoms. The van der Waals surface area contributed by atoms with Crippen LogP contribution in [-0.2, 0) is 22.6 Å². The summed E-state index contributed by atoms with van der Waals surface area (Å²) in [6.45, 7) is 4.19. The molecule has 5 nitrogen and oxygen atoms in total. The number of ether oxygens (including phenoxy) is 1. The second-order valence-corrected chi connectivity index (χ2v) is 8.99. The van der Waals surface area contributed by atoms with Crippen molar-refractivity contribution in [1.82, 2.24) is 5.32 Å². The fourth-order valence-electron chi connectivity index (χ4n) is 3.56. The van der Waals surface area contributed by atoms with Crippen LogP contribution in [0, 0.1) is 5.82 Å². The number of nitrogens with zero attached hydrogens (tertiary/aromatic N) is 1.